The Kier molecular flexibility index (Phi) is 8.56. The van der Waals surface area contributed by atoms with E-state index in [0.29, 0.717) is 52.9 Å². The molecule has 1 N–H and O–H groups in total. The van der Waals surface area contributed by atoms with Gasteiger partial charge in [-0.15, -0.1) is 0 Å². The molecule has 7 rings (SSSR count). The number of amides is 1. The van der Waals surface area contributed by atoms with Crippen molar-refractivity contribution >= 4 is 33.8 Å². The first kappa shape index (κ1) is 30.3. The number of imidazole rings is 1. The van der Waals surface area contributed by atoms with Gasteiger partial charge in [-0.25, -0.2) is 24.3 Å². The molecule has 10 nitrogen and oxygen atoms in total. The van der Waals surface area contributed by atoms with Gasteiger partial charge in [-0.05, 0) is 55.7 Å². The van der Waals surface area contributed by atoms with Crippen LogP contribution in [0.2, 0.25) is 0 Å². The maximum atomic E-state index is 13.5. The van der Waals surface area contributed by atoms with E-state index in [1.165, 1.54) is 36.3 Å². The number of rotatable bonds is 8. The van der Waals surface area contributed by atoms with E-state index < -0.39 is 0 Å². The molecule has 45 heavy (non-hydrogen) atoms. The van der Waals surface area contributed by atoms with Crippen molar-refractivity contribution in [1.29, 1.82) is 5.26 Å². The van der Waals surface area contributed by atoms with E-state index in [0.717, 1.165) is 28.3 Å². The summed E-state index contributed by atoms with van der Waals surface area (Å²) >= 11 is 1.27. The highest BCUT2D eigenvalue weighted by molar-refractivity contribution is 7.16. The minimum Gasteiger partial charge on any atom is -0.333 e. The summed E-state index contributed by atoms with van der Waals surface area (Å²) in [5.41, 5.74) is 4.46. The summed E-state index contributed by atoms with van der Waals surface area (Å²) in [5, 5.41) is 14.0. The summed E-state index contributed by atoms with van der Waals surface area (Å²) in [5.74, 6) is 0.520. The van der Waals surface area contributed by atoms with Crippen molar-refractivity contribution in [3.05, 3.63) is 77.2 Å². The number of carbonyl (C=O) groups excluding carboxylic acids is 1. The molecule has 4 aromatic heterocycles. The molecule has 0 unspecified atom stereocenters. The fraction of sp³-hybridized carbons (Fsp3) is 0.333. The quantitative estimate of drug-likeness (QED) is 0.229. The smallest absolute Gasteiger partial charge is 0.291 e. The highest BCUT2D eigenvalue weighted by atomic mass is 32.1. The average molecular weight is 624 g/mol. The first-order chi connectivity index (χ1) is 21.9. The Bertz CT molecular complexity index is 1870. The molecule has 0 atom stereocenters. The second kappa shape index (κ2) is 12.7. The molecule has 1 saturated carbocycles. The molecule has 5 aromatic rings. The number of halogens is 1. The maximum absolute atomic E-state index is 13.5. The van der Waals surface area contributed by atoms with Gasteiger partial charge in [0, 0.05) is 67.5 Å². The standard InChI is InChI=1S/C31H28FN9OS.C2H6/c1-3-24-29(39(2)31-38-27(25(12-33)43-31)18-4-7-21(32)8-5-18)41-15-19(6-11-26(41)37-24)20-13-34-28(35-14-20)30(42)40-16-23(17-40)36-22-9-10-22;1-2/h4-8,11,13-15,22-23,36H,3,9-10,16-17H2,1-2H3;1-2H3. The van der Waals surface area contributed by atoms with Gasteiger partial charge in [0.15, 0.2) is 5.13 Å². The molecule has 1 aliphatic heterocycles. The van der Waals surface area contributed by atoms with E-state index in [1.807, 2.05) is 55.4 Å². The van der Waals surface area contributed by atoms with Crippen LogP contribution in [0.15, 0.2) is 55.0 Å². The SMILES string of the molecule is CC.CCc1nc2ccc(-c3cnc(C(=O)N4CC(NC5CC5)C4)nc3)cn2c1N(C)c1nc(-c2ccc(F)cc2)c(C#N)s1. The summed E-state index contributed by atoms with van der Waals surface area (Å²) in [6, 6.07) is 13.1. The van der Waals surface area contributed by atoms with Gasteiger partial charge in [0.25, 0.3) is 5.91 Å². The van der Waals surface area contributed by atoms with Gasteiger partial charge in [-0.3, -0.25) is 9.20 Å². The molecule has 0 spiro atoms. The number of nitrogens with one attached hydrogen (secondary N) is 1. The zero-order valence-electron chi connectivity index (χ0n) is 25.7. The highest BCUT2D eigenvalue weighted by Gasteiger charge is 2.35. The molecule has 0 radical (unpaired) electrons. The van der Waals surface area contributed by atoms with Crippen LogP contribution in [0.25, 0.3) is 28.0 Å². The van der Waals surface area contributed by atoms with E-state index in [1.54, 1.807) is 29.4 Å². The molecule has 12 heteroatoms. The van der Waals surface area contributed by atoms with Crippen LogP contribution in [0.4, 0.5) is 15.3 Å². The predicted molar refractivity (Wildman–Crippen MR) is 173 cm³/mol. The van der Waals surface area contributed by atoms with Crippen molar-refractivity contribution < 1.29 is 9.18 Å². The van der Waals surface area contributed by atoms with Crippen LogP contribution in [-0.2, 0) is 6.42 Å². The number of fused-ring (bicyclic) bond motifs is 1. The molecule has 5 heterocycles. The van der Waals surface area contributed by atoms with Gasteiger partial charge in [0.2, 0.25) is 5.82 Å². The number of benzene rings is 1. The fourth-order valence-corrected chi connectivity index (χ4v) is 6.18. The zero-order valence-corrected chi connectivity index (χ0v) is 26.5. The van der Waals surface area contributed by atoms with Gasteiger partial charge < -0.3 is 15.1 Å². The molecule has 1 amide bonds. The van der Waals surface area contributed by atoms with Crippen LogP contribution >= 0.6 is 11.3 Å². The Hall–Kier alpha value is -4.73. The molecule has 1 saturated heterocycles. The number of aromatic nitrogens is 5. The monoisotopic (exact) mass is 623 g/mol. The van der Waals surface area contributed by atoms with Crippen molar-refractivity contribution in [3.8, 4) is 28.5 Å². The minimum absolute atomic E-state index is 0.151. The highest BCUT2D eigenvalue weighted by Crippen LogP contribution is 2.37. The molecular weight excluding hydrogens is 589 g/mol. The molecule has 0 bridgehead atoms. The second-order valence-electron chi connectivity index (χ2n) is 10.9. The van der Waals surface area contributed by atoms with Gasteiger partial charge in [-0.2, -0.15) is 5.26 Å². The van der Waals surface area contributed by atoms with E-state index >= 15 is 0 Å². The van der Waals surface area contributed by atoms with E-state index in [4.69, 9.17) is 9.97 Å². The van der Waals surface area contributed by atoms with E-state index in [-0.39, 0.29) is 17.5 Å². The Morgan fingerprint density at radius 2 is 1.73 bits per heavy atom. The number of nitrogens with zero attached hydrogens (tertiary/aromatic N) is 8. The van der Waals surface area contributed by atoms with Crippen LogP contribution in [0, 0.1) is 17.1 Å². The lowest BCUT2D eigenvalue weighted by atomic mass is 10.1. The third-order valence-electron chi connectivity index (χ3n) is 7.83. The number of pyridine rings is 1. The number of anilines is 2. The summed E-state index contributed by atoms with van der Waals surface area (Å²) < 4.78 is 15.5. The van der Waals surface area contributed by atoms with Crippen molar-refractivity contribution in [2.75, 3.05) is 25.0 Å². The lowest BCUT2D eigenvalue weighted by Gasteiger charge is -2.39. The zero-order chi connectivity index (χ0) is 31.7. The molecule has 230 valence electrons. The number of aryl methyl sites for hydroxylation is 1. The van der Waals surface area contributed by atoms with Gasteiger partial charge in [0.05, 0.1) is 5.69 Å². The number of hydrogen-bond acceptors (Lipinski definition) is 9. The second-order valence-corrected chi connectivity index (χ2v) is 11.9. The Morgan fingerprint density at radius 1 is 1.04 bits per heavy atom. The van der Waals surface area contributed by atoms with Crippen LogP contribution in [0.3, 0.4) is 0 Å². The van der Waals surface area contributed by atoms with Gasteiger partial charge >= 0.3 is 0 Å². The fourth-order valence-electron chi connectivity index (χ4n) is 5.33. The normalized spacial score (nSPS) is 14.4. The lowest BCUT2D eigenvalue weighted by Crippen LogP contribution is -2.60. The molecule has 1 aromatic carbocycles. The van der Waals surface area contributed by atoms with Crippen LogP contribution in [-0.4, -0.2) is 67.4 Å². The van der Waals surface area contributed by atoms with Crippen LogP contribution in [0.5, 0.6) is 0 Å². The molecular formula is C33H34FN9OS. The number of carbonyl (C=O) groups is 1. The first-order valence-electron chi connectivity index (χ1n) is 15.2. The lowest BCUT2D eigenvalue weighted by molar-refractivity contribution is 0.0552. The van der Waals surface area contributed by atoms with E-state index in [2.05, 4.69) is 21.4 Å². The predicted octanol–water partition coefficient (Wildman–Crippen LogP) is 5.86. The van der Waals surface area contributed by atoms with Crippen molar-refractivity contribution in [3.63, 3.8) is 0 Å². The van der Waals surface area contributed by atoms with Gasteiger partial charge in [-0.1, -0.05) is 32.1 Å². The number of thiazole rings is 1. The summed E-state index contributed by atoms with van der Waals surface area (Å²) in [7, 11) is 1.90. The number of nitriles is 1. The Labute approximate surface area is 265 Å². The summed E-state index contributed by atoms with van der Waals surface area (Å²) in [6.07, 6.45) is 8.46. The van der Waals surface area contributed by atoms with Crippen molar-refractivity contribution in [2.45, 2.75) is 52.1 Å². The largest absolute Gasteiger partial charge is 0.333 e. The third-order valence-corrected chi connectivity index (χ3v) is 8.87. The molecule has 2 fully saturated rings. The number of likely N-dealkylation sites (tertiary alicyclic amines) is 1. The minimum atomic E-state index is -0.346. The third kappa shape index (κ3) is 6.01. The Morgan fingerprint density at radius 3 is 2.38 bits per heavy atom. The van der Waals surface area contributed by atoms with Gasteiger partial charge in [0.1, 0.15) is 33.9 Å². The topological polar surface area (TPSA) is 115 Å². The summed E-state index contributed by atoms with van der Waals surface area (Å²) in [6.45, 7) is 7.42. The summed E-state index contributed by atoms with van der Waals surface area (Å²) in [4.78, 5) is 35.4. The maximum Gasteiger partial charge on any atom is 0.291 e. The van der Waals surface area contributed by atoms with Crippen LogP contribution in [0.1, 0.15) is 54.8 Å². The molecule has 1 aliphatic carbocycles. The Balaban J connectivity index is 0.00000175. The first-order valence-corrected chi connectivity index (χ1v) is 16.0. The molecule has 2 aliphatic rings. The van der Waals surface area contributed by atoms with Crippen LogP contribution < -0.4 is 10.2 Å². The van der Waals surface area contributed by atoms with Crippen molar-refractivity contribution in [2.24, 2.45) is 0 Å². The average Bonchev–Trinajstić information content (AvgIpc) is 3.65. The van der Waals surface area contributed by atoms with Crippen molar-refractivity contribution in [1.82, 2.24) is 34.6 Å². The number of hydrogen-bond donors (Lipinski definition) is 1. The van der Waals surface area contributed by atoms with E-state index in [9.17, 15) is 14.4 Å².